The molecule has 2 saturated heterocycles. The molecular weight excluding hydrogens is 593 g/mol. The fourth-order valence-electron chi connectivity index (χ4n) is 4.72. The van der Waals surface area contributed by atoms with Crippen LogP contribution >= 0.6 is 11.8 Å². The lowest BCUT2D eigenvalue weighted by Crippen LogP contribution is -2.48. The molecule has 0 saturated carbocycles. The smallest absolute Gasteiger partial charge is 0.298 e. The number of nitrogens with zero attached hydrogens (tertiary/aromatic N) is 3. The van der Waals surface area contributed by atoms with Crippen molar-refractivity contribution in [2.45, 2.75) is 12.8 Å². The molecule has 2 aliphatic heterocycles. The number of hydrogen-bond acceptors (Lipinski definition) is 8. The van der Waals surface area contributed by atoms with Crippen molar-refractivity contribution < 1.29 is 31.9 Å². The minimum atomic E-state index is -3.12. The van der Waals surface area contributed by atoms with Gasteiger partial charge in [0.2, 0.25) is 10.0 Å². The second-order valence-electron chi connectivity index (χ2n) is 10.2. The number of amides is 2. The van der Waals surface area contributed by atoms with Gasteiger partial charge in [0.05, 0.1) is 23.5 Å². The van der Waals surface area contributed by atoms with Crippen LogP contribution in [0.4, 0.5) is 14.9 Å². The Morgan fingerprint density at radius 1 is 0.837 bits per heavy atom. The Kier molecular flexibility index (Phi) is 9.81. The van der Waals surface area contributed by atoms with Gasteiger partial charge in [-0.25, -0.2) is 17.7 Å². The van der Waals surface area contributed by atoms with Crippen LogP contribution in [0.1, 0.15) is 18.4 Å². The molecule has 0 aliphatic carbocycles. The standard InChI is InChI=1S/C31H32FN3O6S2/c1-43(38,39)34-19-17-33(18-20-34)16-2-3-21-40-26-14-8-25(9-15-26)35-30(36)29(42-31(35)37)22-23-4-10-27(11-5-23)41-28-12-6-24(32)7-13-28/h4-15,22H,2-3,16-21H2,1H3. The molecule has 0 unspecified atom stereocenters. The molecule has 3 aromatic carbocycles. The van der Waals surface area contributed by atoms with E-state index in [1.54, 1.807) is 54.6 Å². The Labute approximate surface area is 254 Å². The van der Waals surface area contributed by atoms with E-state index in [2.05, 4.69) is 4.90 Å². The monoisotopic (exact) mass is 625 g/mol. The molecule has 2 heterocycles. The van der Waals surface area contributed by atoms with Gasteiger partial charge in [-0.2, -0.15) is 4.31 Å². The minimum Gasteiger partial charge on any atom is -0.494 e. The Bertz CT molecular complexity index is 1570. The van der Waals surface area contributed by atoms with Gasteiger partial charge >= 0.3 is 0 Å². The molecule has 0 radical (unpaired) electrons. The molecular formula is C31H32FN3O6S2. The first-order valence-corrected chi connectivity index (χ1v) is 16.5. The van der Waals surface area contributed by atoms with Crippen LogP contribution in [0.3, 0.4) is 0 Å². The first-order valence-electron chi connectivity index (χ1n) is 13.9. The van der Waals surface area contributed by atoms with Crippen molar-refractivity contribution >= 4 is 44.7 Å². The van der Waals surface area contributed by atoms with E-state index in [1.807, 2.05) is 0 Å². The van der Waals surface area contributed by atoms with Crippen LogP contribution in [0.2, 0.25) is 0 Å². The van der Waals surface area contributed by atoms with Crippen molar-refractivity contribution in [3.63, 3.8) is 0 Å². The third-order valence-corrected chi connectivity index (χ3v) is 9.23. The van der Waals surface area contributed by atoms with Crippen molar-refractivity contribution in [3.05, 3.63) is 89.1 Å². The van der Waals surface area contributed by atoms with Gasteiger partial charge < -0.3 is 14.4 Å². The summed E-state index contributed by atoms with van der Waals surface area (Å²) in [6.07, 6.45) is 4.69. The second-order valence-corrected chi connectivity index (χ2v) is 13.2. The number of carbonyl (C=O) groups excluding carboxylic acids is 2. The van der Waals surface area contributed by atoms with Crippen LogP contribution in [0, 0.1) is 5.82 Å². The third kappa shape index (κ3) is 8.23. The molecule has 0 spiro atoms. The number of ether oxygens (including phenoxy) is 2. The van der Waals surface area contributed by atoms with Crippen molar-refractivity contribution in [1.29, 1.82) is 0 Å². The highest BCUT2D eigenvalue weighted by molar-refractivity contribution is 8.19. The molecule has 12 heteroatoms. The number of anilines is 1. The highest BCUT2D eigenvalue weighted by Crippen LogP contribution is 2.36. The maximum Gasteiger partial charge on any atom is 0.298 e. The maximum absolute atomic E-state index is 13.1. The van der Waals surface area contributed by atoms with Crippen LogP contribution in [-0.4, -0.2) is 74.4 Å². The highest BCUT2D eigenvalue weighted by Gasteiger charge is 2.36. The Hall–Kier alpha value is -3.71. The van der Waals surface area contributed by atoms with Crippen molar-refractivity contribution in [2.75, 3.05) is 50.5 Å². The first-order chi connectivity index (χ1) is 20.7. The third-order valence-electron chi connectivity index (χ3n) is 7.05. The van der Waals surface area contributed by atoms with E-state index in [4.69, 9.17) is 9.47 Å². The summed E-state index contributed by atoms with van der Waals surface area (Å²) in [7, 11) is -3.12. The van der Waals surface area contributed by atoms with Crippen molar-refractivity contribution in [2.24, 2.45) is 0 Å². The zero-order valence-electron chi connectivity index (χ0n) is 23.6. The molecule has 2 aliphatic rings. The number of unbranched alkanes of at least 4 members (excludes halogenated alkanes) is 1. The number of thioether (sulfide) groups is 1. The molecule has 43 heavy (non-hydrogen) atoms. The summed E-state index contributed by atoms with van der Waals surface area (Å²) in [5.74, 6) is 0.976. The summed E-state index contributed by atoms with van der Waals surface area (Å²) in [4.78, 5) is 29.5. The quantitative estimate of drug-likeness (QED) is 0.201. The lowest BCUT2D eigenvalue weighted by Gasteiger charge is -2.33. The fraction of sp³-hybridized carbons (Fsp3) is 0.290. The van der Waals surface area contributed by atoms with Gasteiger partial charge in [-0.3, -0.25) is 9.59 Å². The largest absolute Gasteiger partial charge is 0.494 e. The molecule has 226 valence electrons. The minimum absolute atomic E-state index is 0.315. The normalized spacial score (nSPS) is 17.5. The van der Waals surface area contributed by atoms with Gasteiger partial charge in [-0.05, 0) is 103 Å². The van der Waals surface area contributed by atoms with E-state index in [0.717, 1.165) is 54.7 Å². The van der Waals surface area contributed by atoms with Crippen molar-refractivity contribution in [3.8, 4) is 17.2 Å². The zero-order valence-corrected chi connectivity index (χ0v) is 25.3. The van der Waals surface area contributed by atoms with Crippen LogP contribution in [0.5, 0.6) is 17.2 Å². The summed E-state index contributed by atoms with van der Waals surface area (Å²) >= 11 is 0.880. The molecule has 2 fully saturated rings. The lowest BCUT2D eigenvalue weighted by atomic mass is 10.2. The highest BCUT2D eigenvalue weighted by atomic mass is 32.2. The number of piperazine rings is 1. The SMILES string of the molecule is CS(=O)(=O)N1CCN(CCCCOc2ccc(N3C(=O)SC(=Cc4ccc(Oc5ccc(F)cc5)cc4)C3=O)cc2)CC1. The number of rotatable bonds is 11. The Morgan fingerprint density at radius 3 is 2.07 bits per heavy atom. The molecule has 0 aromatic heterocycles. The van der Waals surface area contributed by atoms with Crippen molar-refractivity contribution in [1.82, 2.24) is 9.21 Å². The summed E-state index contributed by atoms with van der Waals surface area (Å²) in [6.45, 7) is 3.95. The van der Waals surface area contributed by atoms with E-state index in [1.165, 1.54) is 34.8 Å². The molecule has 5 rings (SSSR count). The van der Waals surface area contributed by atoms with E-state index in [9.17, 15) is 22.4 Å². The topological polar surface area (TPSA) is 96.5 Å². The summed E-state index contributed by atoms with van der Waals surface area (Å²) in [5, 5.41) is -0.376. The molecule has 0 bridgehead atoms. The van der Waals surface area contributed by atoms with Crippen LogP contribution in [0.15, 0.2) is 77.7 Å². The number of imide groups is 1. The van der Waals surface area contributed by atoms with Gasteiger partial charge in [0.15, 0.2) is 0 Å². The van der Waals surface area contributed by atoms with Crippen LogP contribution in [0.25, 0.3) is 6.08 Å². The molecule has 3 aromatic rings. The van der Waals surface area contributed by atoms with E-state index >= 15 is 0 Å². The number of halogens is 1. The predicted octanol–water partition coefficient (Wildman–Crippen LogP) is 5.60. The summed E-state index contributed by atoms with van der Waals surface area (Å²) in [5.41, 5.74) is 1.20. The number of sulfonamides is 1. The van der Waals surface area contributed by atoms with E-state index in [0.29, 0.717) is 47.5 Å². The number of carbonyl (C=O) groups is 2. The lowest BCUT2D eigenvalue weighted by molar-refractivity contribution is -0.113. The molecule has 0 atom stereocenters. The maximum atomic E-state index is 13.1. The van der Waals surface area contributed by atoms with E-state index < -0.39 is 15.9 Å². The van der Waals surface area contributed by atoms with Gasteiger partial charge in [-0.1, -0.05) is 12.1 Å². The van der Waals surface area contributed by atoms with Gasteiger partial charge in [0.25, 0.3) is 11.1 Å². The number of hydrogen-bond donors (Lipinski definition) is 0. The average Bonchev–Trinajstić information content (AvgIpc) is 3.27. The Morgan fingerprint density at radius 2 is 1.44 bits per heavy atom. The van der Waals surface area contributed by atoms with Crippen LogP contribution in [-0.2, 0) is 14.8 Å². The second kappa shape index (κ2) is 13.7. The predicted molar refractivity (Wildman–Crippen MR) is 165 cm³/mol. The van der Waals surface area contributed by atoms with Gasteiger partial charge in [0, 0.05) is 26.2 Å². The first kappa shape index (κ1) is 30.7. The van der Waals surface area contributed by atoms with E-state index in [-0.39, 0.29) is 11.1 Å². The van der Waals surface area contributed by atoms with Crippen LogP contribution < -0.4 is 14.4 Å². The van der Waals surface area contributed by atoms with Gasteiger partial charge in [-0.15, -0.1) is 0 Å². The summed E-state index contributed by atoms with van der Waals surface area (Å²) < 4.78 is 49.4. The fourth-order valence-corrected chi connectivity index (χ4v) is 6.38. The zero-order chi connectivity index (χ0) is 30.4. The summed E-state index contributed by atoms with van der Waals surface area (Å²) in [6, 6.07) is 19.6. The average molecular weight is 626 g/mol. The molecule has 2 amide bonds. The Balaban J connectivity index is 1.08. The molecule has 9 nitrogen and oxygen atoms in total. The van der Waals surface area contributed by atoms with Gasteiger partial charge in [0.1, 0.15) is 23.1 Å². The number of benzene rings is 3. The molecule has 0 N–H and O–H groups in total.